The fourth-order valence-electron chi connectivity index (χ4n) is 0.921. The number of H-pyrrole nitrogens is 1. The minimum Gasteiger partial charge on any atom is -0.476 e. The minimum atomic E-state index is -5.08. The Morgan fingerprint density at radius 3 is 2.44 bits per heavy atom. The number of alkyl halides is 3. The summed E-state index contributed by atoms with van der Waals surface area (Å²) in [4.78, 5) is 21.1. The van der Waals surface area contributed by atoms with E-state index in [0.717, 1.165) is 0 Å². The molecular formula is C7H6F3N3O3. The van der Waals surface area contributed by atoms with Crippen molar-refractivity contribution in [2.24, 2.45) is 0 Å². The van der Waals surface area contributed by atoms with Gasteiger partial charge in [0, 0.05) is 0 Å². The van der Waals surface area contributed by atoms with E-state index in [1.54, 1.807) is 0 Å². The molecule has 0 aliphatic heterocycles. The molecule has 0 aromatic carbocycles. The molecule has 6 nitrogen and oxygen atoms in total. The number of carbonyl (C=O) groups excluding carboxylic acids is 1. The van der Waals surface area contributed by atoms with Gasteiger partial charge in [-0.2, -0.15) is 18.3 Å². The number of hydrogen-bond acceptors (Lipinski definition) is 3. The number of carboxylic acids is 1. The topological polar surface area (TPSA) is 95.1 Å². The molecule has 0 saturated heterocycles. The molecule has 0 radical (unpaired) electrons. The van der Waals surface area contributed by atoms with Gasteiger partial charge in [0.05, 0.1) is 11.4 Å². The Bertz CT molecular complexity index is 438. The molecule has 9 heteroatoms. The number of carboxylic acid groups (broad SMARTS) is 1. The molecule has 0 fully saturated rings. The Morgan fingerprint density at radius 1 is 1.44 bits per heavy atom. The number of hydrogen-bond donors (Lipinski definition) is 3. The van der Waals surface area contributed by atoms with Gasteiger partial charge in [-0.3, -0.25) is 9.89 Å². The van der Waals surface area contributed by atoms with Gasteiger partial charge in [0.25, 0.3) is 0 Å². The van der Waals surface area contributed by atoms with E-state index < -0.39 is 29.4 Å². The molecule has 1 amide bonds. The number of halogens is 3. The predicted molar refractivity (Wildman–Crippen MR) is 45.0 cm³/mol. The molecule has 0 aliphatic rings. The van der Waals surface area contributed by atoms with Gasteiger partial charge in [-0.1, -0.05) is 0 Å². The molecule has 16 heavy (non-hydrogen) atoms. The molecule has 0 atom stereocenters. The Kier molecular flexibility index (Phi) is 2.88. The quantitative estimate of drug-likeness (QED) is 0.712. The van der Waals surface area contributed by atoms with Gasteiger partial charge >= 0.3 is 18.1 Å². The van der Waals surface area contributed by atoms with Gasteiger partial charge in [0.2, 0.25) is 0 Å². The summed E-state index contributed by atoms with van der Waals surface area (Å²) in [5.74, 6) is -3.79. The van der Waals surface area contributed by atoms with Gasteiger partial charge in [0.15, 0.2) is 5.69 Å². The predicted octanol–water partition coefficient (Wildman–Crippen LogP) is 0.917. The molecular weight excluding hydrogens is 231 g/mol. The zero-order chi connectivity index (χ0) is 12.5. The normalized spacial score (nSPS) is 11.2. The first-order chi connectivity index (χ1) is 7.23. The number of rotatable bonds is 2. The lowest BCUT2D eigenvalue weighted by Gasteiger charge is -2.07. The van der Waals surface area contributed by atoms with Crippen LogP contribution in [0.15, 0.2) is 0 Å². The van der Waals surface area contributed by atoms with Gasteiger partial charge in [-0.15, -0.1) is 0 Å². The average Bonchev–Trinajstić information content (AvgIpc) is 2.46. The second-order valence-corrected chi connectivity index (χ2v) is 2.83. The number of nitrogens with one attached hydrogen (secondary N) is 2. The van der Waals surface area contributed by atoms with Crippen molar-refractivity contribution in [2.75, 3.05) is 5.32 Å². The summed E-state index contributed by atoms with van der Waals surface area (Å²) < 4.78 is 35.7. The zero-order valence-electron chi connectivity index (χ0n) is 7.84. The van der Waals surface area contributed by atoms with Crippen LogP contribution < -0.4 is 5.32 Å². The molecule has 1 heterocycles. The molecule has 0 aliphatic carbocycles. The maximum Gasteiger partial charge on any atom is 0.471 e. The SMILES string of the molecule is Cc1[nH]nc(C(=O)O)c1NC(=O)C(F)(F)F. The Balaban J connectivity index is 3.02. The van der Waals surface area contributed by atoms with Gasteiger partial charge < -0.3 is 10.4 Å². The van der Waals surface area contributed by atoms with Crippen molar-refractivity contribution in [1.82, 2.24) is 10.2 Å². The van der Waals surface area contributed by atoms with Crippen LogP contribution in [0.5, 0.6) is 0 Å². The lowest BCUT2D eigenvalue weighted by Crippen LogP contribution is -2.30. The molecule has 0 bridgehead atoms. The molecule has 1 rings (SSSR count). The van der Waals surface area contributed by atoms with Crippen molar-refractivity contribution in [3.05, 3.63) is 11.4 Å². The third kappa shape index (κ3) is 2.30. The summed E-state index contributed by atoms with van der Waals surface area (Å²) in [6.07, 6.45) is -5.08. The molecule has 3 N–H and O–H groups in total. The van der Waals surface area contributed by atoms with Crippen molar-refractivity contribution in [3.8, 4) is 0 Å². The van der Waals surface area contributed by atoms with Crippen molar-refractivity contribution in [2.45, 2.75) is 13.1 Å². The van der Waals surface area contributed by atoms with Crippen LogP contribution in [0.4, 0.5) is 18.9 Å². The minimum absolute atomic E-state index is 0.0231. The summed E-state index contributed by atoms with van der Waals surface area (Å²) in [7, 11) is 0. The van der Waals surface area contributed by atoms with Crippen LogP contribution in [0.3, 0.4) is 0 Å². The number of anilines is 1. The van der Waals surface area contributed by atoms with E-state index in [0.29, 0.717) is 0 Å². The highest BCUT2D eigenvalue weighted by Crippen LogP contribution is 2.22. The summed E-state index contributed by atoms with van der Waals surface area (Å²) in [5.41, 5.74) is -1.14. The van der Waals surface area contributed by atoms with Crippen molar-refractivity contribution < 1.29 is 27.9 Å². The highest BCUT2D eigenvalue weighted by atomic mass is 19.4. The highest BCUT2D eigenvalue weighted by molar-refractivity contribution is 6.01. The van der Waals surface area contributed by atoms with Crippen LogP contribution in [0.25, 0.3) is 0 Å². The largest absolute Gasteiger partial charge is 0.476 e. The molecule has 0 spiro atoms. The number of aromatic carboxylic acids is 1. The van der Waals surface area contributed by atoms with Crippen LogP contribution >= 0.6 is 0 Å². The maximum atomic E-state index is 11.9. The van der Waals surface area contributed by atoms with Crippen molar-refractivity contribution >= 4 is 17.6 Å². The first kappa shape index (κ1) is 12.0. The first-order valence-corrected chi connectivity index (χ1v) is 3.90. The van der Waals surface area contributed by atoms with E-state index in [4.69, 9.17) is 5.11 Å². The Hall–Kier alpha value is -2.06. The van der Waals surface area contributed by atoms with E-state index in [2.05, 4.69) is 10.2 Å². The van der Waals surface area contributed by atoms with Gasteiger partial charge in [-0.25, -0.2) is 4.79 Å². The number of carbonyl (C=O) groups is 2. The van der Waals surface area contributed by atoms with Crippen LogP contribution in [0.2, 0.25) is 0 Å². The van der Waals surface area contributed by atoms with Gasteiger partial charge in [-0.05, 0) is 6.92 Å². The second kappa shape index (κ2) is 3.83. The smallest absolute Gasteiger partial charge is 0.471 e. The van der Waals surface area contributed by atoms with Crippen molar-refractivity contribution in [1.29, 1.82) is 0 Å². The van der Waals surface area contributed by atoms with Crippen LogP contribution in [0, 0.1) is 6.92 Å². The number of aromatic nitrogens is 2. The third-order valence-corrected chi connectivity index (χ3v) is 1.65. The molecule has 88 valence electrons. The zero-order valence-corrected chi connectivity index (χ0v) is 7.84. The summed E-state index contributed by atoms with van der Waals surface area (Å²) in [6.45, 7) is 1.28. The monoisotopic (exact) mass is 237 g/mol. The van der Waals surface area contributed by atoms with E-state index in [-0.39, 0.29) is 5.69 Å². The lowest BCUT2D eigenvalue weighted by atomic mass is 10.3. The Morgan fingerprint density at radius 2 is 2.00 bits per heavy atom. The van der Waals surface area contributed by atoms with Crippen molar-refractivity contribution in [3.63, 3.8) is 0 Å². The second-order valence-electron chi connectivity index (χ2n) is 2.83. The fraction of sp³-hybridized carbons (Fsp3) is 0.286. The van der Waals surface area contributed by atoms with Crippen LogP contribution in [-0.4, -0.2) is 33.4 Å². The van der Waals surface area contributed by atoms with Crippen LogP contribution in [-0.2, 0) is 4.79 Å². The first-order valence-electron chi connectivity index (χ1n) is 3.90. The van der Waals surface area contributed by atoms with E-state index in [1.165, 1.54) is 12.2 Å². The summed E-state index contributed by atoms with van der Waals surface area (Å²) >= 11 is 0. The Labute approximate surface area is 86.5 Å². The lowest BCUT2D eigenvalue weighted by molar-refractivity contribution is -0.167. The maximum absolute atomic E-state index is 11.9. The summed E-state index contributed by atoms with van der Waals surface area (Å²) in [6, 6.07) is 0. The number of aryl methyl sites for hydroxylation is 1. The standard InChI is InChI=1S/C7H6F3N3O3/c1-2-3(4(5(14)15)13-12-2)11-6(16)7(8,9)10/h1H3,(H,11,16)(H,12,13)(H,14,15). The number of nitrogens with zero attached hydrogens (tertiary/aromatic N) is 1. The average molecular weight is 237 g/mol. The van der Waals surface area contributed by atoms with Crippen LogP contribution in [0.1, 0.15) is 16.2 Å². The van der Waals surface area contributed by atoms with Gasteiger partial charge in [0.1, 0.15) is 0 Å². The van der Waals surface area contributed by atoms with E-state index in [9.17, 15) is 22.8 Å². The number of aromatic amines is 1. The van der Waals surface area contributed by atoms with E-state index >= 15 is 0 Å². The molecule has 1 aromatic rings. The van der Waals surface area contributed by atoms with E-state index in [1.807, 2.05) is 0 Å². The third-order valence-electron chi connectivity index (χ3n) is 1.65. The molecule has 1 aromatic heterocycles. The number of amides is 1. The fourth-order valence-corrected chi connectivity index (χ4v) is 0.921. The molecule has 0 saturated carbocycles. The summed E-state index contributed by atoms with van der Waals surface area (Å²) in [5, 5.41) is 15.4. The highest BCUT2D eigenvalue weighted by Gasteiger charge is 2.39. The molecule has 0 unspecified atom stereocenters.